The summed E-state index contributed by atoms with van der Waals surface area (Å²) in [5.41, 5.74) is 5.72. The summed E-state index contributed by atoms with van der Waals surface area (Å²) in [6.45, 7) is 0. The van der Waals surface area contributed by atoms with Crippen LogP contribution in [0.4, 0.5) is 14.5 Å². The standard InChI is InChI=1S/C13H11F2NO3S/c1-20(17,18)11-2-3-13(12(16)7-11)19-10-5-8(14)4-9(15)6-10/h2-7H,16H2,1H3. The predicted octanol–water partition coefficient (Wildman–Crippen LogP) is 2.74. The Morgan fingerprint density at radius 2 is 1.65 bits per heavy atom. The summed E-state index contributed by atoms with van der Waals surface area (Å²) < 4.78 is 54.0. The van der Waals surface area contributed by atoms with Gasteiger partial charge in [0.1, 0.15) is 23.1 Å². The Kier molecular flexibility index (Phi) is 3.63. The summed E-state index contributed by atoms with van der Waals surface area (Å²) in [6, 6.07) is 6.55. The molecular weight excluding hydrogens is 288 g/mol. The van der Waals surface area contributed by atoms with E-state index in [0.717, 1.165) is 18.4 Å². The zero-order chi connectivity index (χ0) is 14.9. The Morgan fingerprint density at radius 3 is 2.15 bits per heavy atom. The summed E-state index contributed by atoms with van der Waals surface area (Å²) in [4.78, 5) is 0.0350. The Bertz CT molecular complexity index is 740. The van der Waals surface area contributed by atoms with Gasteiger partial charge < -0.3 is 10.5 Å². The fourth-order valence-electron chi connectivity index (χ4n) is 1.56. The minimum atomic E-state index is -3.38. The number of nitrogen functional groups attached to an aromatic ring is 1. The van der Waals surface area contributed by atoms with Crippen LogP contribution in [0.1, 0.15) is 0 Å². The van der Waals surface area contributed by atoms with Gasteiger partial charge in [0.2, 0.25) is 0 Å². The third-order valence-corrected chi connectivity index (χ3v) is 3.58. The highest BCUT2D eigenvalue weighted by molar-refractivity contribution is 7.90. The molecule has 0 atom stereocenters. The van der Waals surface area contributed by atoms with Gasteiger partial charge in [-0.25, -0.2) is 17.2 Å². The molecule has 20 heavy (non-hydrogen) atoms. The van der Waals surface area contributed by atoms with E-state index in [-0.39, 0.29) is 22.1 Å². The van der Waals surface area contributed by atoms with Crippen LogP contribution in [0, 0.1) is 11.6 Å². The van der Waals surface area contributed by atoms with Gasteiger partial charge in [0.15, 0.2) is 9.84 Å². The highest BCUT2D eigenvalue weighted by Gasteiger charge is 2.11. The first-order valence-corrected chi connectivity index (χ1v) is 7.38. The molecule has 0 saturated carbocycles. The Hall–Kier alpha value is -2.15. The van der Waals surface area contributed by atoms with Crippen LogP contribution in [-0.4, -0.2) is 14.7 Å². The maximum Gasteiger partial charge on any atom is 0.175 e. The minimum Gasteiger partial charge on any atom is -0.455 e. The first-order valence-electron chi connectivity index (χ1n) is 5.49. The van der Waals surface area contributed by atoms with E-state index >= 15 is 0 Å². The number of sulfone groups is 1. The molecule has 0 bridgehead atoms. The molecule has 0 unspecified atom stereocenters. The molecule has 7 heteroatoms. The molecule has 0 amide bonds. The summed E-state index contributed by atoms with van der Waals surface area (Å²) in [7, 11) is -3.38. The second kappa shape index (κ2) is 5.09. The molecule has 0 heterocycles. The molecule has 0 aliphatic heterocycles. The molecule has 0 aliphatic carbocycles. The maximum atomic E-state index is 13.0. The lowest BCUT2D eigenvalue weighted by Gasteiger charge is -2.09. The Labute approximate surface area is 114 Å². The van der Waals surface area contributed by atoms with Gasteiger partial charge in [-0.1, -0.05) is 0 Å². The van der Waals surface area contributed by atoms with Crippen molar-refractivity contribution in [3.63, 3.8) is 0 Å². The lowest BCUT2D eigenvalue weighted by atomic mass is 10.3. The topological polar surface area (TPSA) is 69.4 Å². The molecule has 2 N–H and O–H groups in total. The number of hydrogen-bond acceptors (Lipinski definition) is 4. The highest BCUT2D eigenvalue weighted by Crippen LogP contribution is 2.30. The molecule has 2 aromatic carbocycles. The van der Waals surface area contributed by atoms with Crippen molar-refractivity contribution in [3.8, 4) is 11.5 Å². The van der Waals surface area contributed by atoms with Crippen molar-refractivity contribution in [3.05, 3.63) is 48.0 Å². The third-order valence-electron chi connectivity index (χ3n) is 2.47. The molecule has 106 valence electrons. The molecule has 0 saturated heterocycles. The average Bonchev–Trinajstić information content (AvgIpc) is 2.29. The van der Waals surface area contributed by atoms with Crippen LogP contribution >= 0.6 is 0 Å². The van der Waals surface area contributed by atoms with Crippen LogP contribution in [0.5, 0.6) is 11.5 Å². The van der Waals surface area contributed by atoms with Crippen LogP contribution in [-0.2, 0) is 9.84 Å². The lowest BCUT2D eigenvalue weighted by Crippen LogP contribution is -2.00. The number of nitrogens with two attached hydrogens (primary N) is 1. The first-order chi connectivity index (χ1) is 9.25. The highest BCUT2D eigenvalue weighted by atomic mass is 32.2. The van der Waals surface area contributed by atoms with Crippen LogP contribution in [0.25, 0.3) is 0 Å². The number of rotatable bonds is 3. The van der Waals surface area contributed by atoms with E-state index in [1.54, 1.807) is 0 Å². The van der Waals surface area contributed by atoms with Crippen LogP contribution < -0.4 is 10.5 Å². The van der Waals surface area contributed by atoms with Crippen LogP contribution in [0.2, 0.25) is 0 Å². The predicted molar refractivity (Wildman–Crippen MR) is 70.4 cm³/mol. The zero-order valence-electron chi connectivity index (χ0n) is 10.4. The van der Waals surface area contributed by atoms with E-state index in [9.17, 15) is 17.2 Å². The lowest BCUT2D eigenvalue weighted by molar-refractivity contribution is 0.470. The van der Waals surface area contributed by atoms with Crippen molar-refractivity contribution in [2.24, 2.45) is 0 Å². The number of anilines is 1. The third kappa shape index (κ3) is 3.24. The number of ether oxygens (including phenoxy) is 1. The van der Waals surface area contributed by atoms with Gasteiger partial charge in [0.25, 0.3) is 0 Å². The molecule has 0 aromatic heterocycles. The molecule has 2 aromatic rings. The Balaban J connectivity index is 2.35. The minimum absolute atomic E-state index is 0.0350. The van der Waals surface area contributed by atoms with Gasteiger partial charge >= 0.3 is 0 Å². The molecule has 0 fully saturated rings. The summed E-state index contributed by atoms with van der Waals surface area (Å²) >= 11 is 0. The quantitative estimate of drug-likeness (QED) is 0.885. The van der Waals surface area contributed by atoms with Crippen molar-refractivity contribution in [2.45, 2.75) is 4.90 Å². The van der Waals surface area contributed by atoms with Crippen LogP contribution in [0.15, 0.2) is 41.3 Å². The first kappa shape index (κ1) is 14.3. The van der Waals surface area contributed by atoms with Gasteiger partial charge in [0.05, 0.1) is 10.6 Å². The van der Waals surface area contributed by atoms with Gasteiger partial charge in [-0.2, -0.15) is 0 Å². The fourth-order valence-corrected chi connectivity index (χ4v) is 2.22. The largest absolute Gasteiger partial charge is 0.455 e. The second-order valence-corrected chi connectivity index (χ2v) is 6.19. The maximum absolute atomic E-state index is 13.0. The SMILES string of the molecule is CS(=O)(=O)c1ccc(Oc2cc(F)cc(F)c2)c(N)c1. The van der Waals surface area contributed by atoms with Crippen LogP contribution in [0.3, 0.4) is 0 Å². The molecule has 0 aliphatic rings. The van der Waals surface area contributed by atoms with Crippen molar-refractivity contribution in [1.29, 1.82) is 0 Å². The van der Waals surface area contributed by atoms with E-state index in [0.29, 0.717) is 6.07 Å². The zero-order valence-corrected chi connectivity index (χ0v) is 11.2. The molecule has 4 nitrogen and oxygen atoms in total. The average molecular weight is 299 g/mol. The van der Waals surface area contributed by atoms with Gasteiger partial charge in [-0.05, 0) is 18.2 Å². The van der Waals surface area contributed by atoms with Crippen molar-refractivity contribution in [2.75, 3.05) is 12.0 Å². The van der Waals surface area contributed by atoms with Crippen molar-refractivity contribution >= 4 is 15.5 Å². The monoisotopic (exact) mass is 299 g/mol. The van der Waals surface area contributed by atoms with Crippen molar-refractivity contribution in [1.82, 2.24) is 0 Å². The van der Waals surface area contributed by atoms with E-state index in [4.69, 9.17) is 10.5 Å². The molecule has 0 radical (unpaired) electrons. The van der Waals surface area contributed by atoms with Gasteiger partial charge in [-0.3, -0.25) is 0 Å². The molecular formula is C13H11F2NO3S. The van der Waals surface area contributed by atoms with E-state index in [1.165, 1.54) is 18.2 Å². The van der Waals surface area contributed by atoms with Crippen molar-refractivity contribution < 1.29 is 21.9 Å². The summed E-state index contributed by atoms with van der Waals surface area (Å²) in [5, 5.41) is 0. The fraction of sp³-hybridized carbons (Fsp3) is 0.0769. The van der Waals surface area contributed by atoms with E-state index < -0.39 is 21.5 Å². The molecule has 2 rings (SSSR count). The normalized spacial score (nSPS) is 11.3. The number of halogens is 2. The summed E-state index contributed by atoms with van der Waals surface area (Å²) in [6.07, 6.45) is 1.05. The summed E-state index contributed by atoms with van der Waals surface area (Å²) in [5.74, 6) is -1.53. The Morgan fingerprint density at radius 1 is 1.05 bits per heavy atom. The number of hydrogen-bond donors (Lipinski definition) is 1. The smallest absolute Gasteiger partial charge is 0.175 e. The van der Waals surface area contributed by atoms with E-state index in [2.05, 4.69) is 0 Å². The molecule has 0 spiro atoms. The number of benzene rings is 2. The second-order valence-electron chi connectivity index (χ2n) is 4.18. The van der Waals surface area contributed by atoms with Gasteiger partial charge in [-0.15, -0.1) is 0 Å². The van der Waals surface area contributed by atoms with E-state index in [1.807, 2.05) is 0 Å². The van der Waals surface area contributed by atoms with Gasteiger partial charge in [0, 0.05) is 24.5 Å².